The van der Waals surface area contributed by atoms with E-state index in [4.69, 9.17) is 4.74 Å². The van der Waals surface area contributed by atoms with E-state index in [9.17, 15) is 4.79 Å². The van der Waals surface area contributed by atoms with Gasteiger partial charge in [0.15, 0.2) is 0 Å². The van der Waals surface area contributed by atoms with Gasteiger partial charge in [0, 0.05) is 31.4 Å². The highest BCUT2D eigenvalue weighted by molar-refractivity contribution is 5.77. The summed E-state index contributed by atoms with van der Waals surface area (Å²) in [5.74, 6) is 1.34. The van der Waals surface area contributed by atoms with E-state index >= 15 is 0 Å². The Balaban J connectivity index is 1.47. The molecule has 2 heterocycles. The van der Waals surface area contributed by atoms with Crippen LogP contribution in [0.3, 0.4) is 0 Å². The Hall–Kier alpha value is -2.14. The molecule has 1 aromatic carbocycles. The van der Waals surface area contributed by atoms with Crippen LogP contribution in [0.1, 0.15) is 30.1 Å². The standard InChI is InChI=1S/C17H21N3O2/c21-16(13-22-12-14-5-2-1-3-6-14)20-10-4-7-15(11-20)17-18-8-9-19-17/h1-3,5-6,8-9,15H,4,7,10-13H2,(H,18,19). The zero-order valence-corrected chi connectivity index (χ0v) is 12.6. The minimum Gasteiger partial charge on any atom is -0.367 e. The number of hydrogen-bond donors (Lipinski definition) is 1. The third kappa shape index (κ3) is 3.74. The van der Waals surface area contributed by atoms with Gasteiger partial charge in [0.2, 0.25) is 5.91 Å². The molecule has 0 radical (unpaired) electrons. The quantitative estimate of drug-likeness (QED) is 0.922. The molecule has 5 nitrogen and oxygen atoms in total. The predicted octanol–water partition coefficient (Wildman–Crippen LogP) is 2.33. The highest BCUT2D eigenvalue weighted by atomic mass is 16.5. The second-order valence-corrected chi connectivity index (χ2v) is 5.63. The van der Waals surface area contributed by atoms with Crippen LogP contribution in [0, 0.1) is 0 Å². The Morgan fingerprint density at radius 1 is 1.36 bits per heavy atom. The first kappa shape index (κ1) is 14.8. The van der Waals surface area contributed by atoms with Crippen molar-refractivity contribution in [3.8, 4) is 0 Å². The lowest BCUT2D eigenvalue weighted by atomic mass is 9.97. The van der Waals surface area contributed by atoms with E-state index in [1.807, 2.05) is 41.4 Å². The number of aromatic nitrogens is 2. The number of nitrogens with one attached hydrogen (secondary N) is 1. The van der Waals surface area contributed by atoms with Crippen molar-refractivity contribution < 1.29 is 9.53 Å². The molecule has 1 aliphatic rings. The van der Waals surface area contributed by atoms with Crippen LogP contribution in [0.2, 0.25) is 0 Å². The molecular formula is C17H21N3O2. The third-order valence-corrected chi connectivity index (χ3v) is 4.02. The molecule has 1 aromatic heterocycles. The SMILES string of the molecule is O=C(COCc1ccccc1)N1CCCC(c2ncc[nH]2)C1. The molecule has 5 heteroatoms. The van der Waals surface area contributed by atoms with Crippen LogP contribution in [0.4, 0.5) is 0 Å². The van der Waals surface area contributed by atoms with E-state index in [0.29, 0.717) is 12.5 Å². The van der Waals surface area contributed by atoms with Crippen LogP contribution in [-0.2, 0) is 16.1 Å². The fraction of sp³-hybridized carbons (Fsp3) is 0.412. The predicted molar refractivity (Wildman–Crippen MR) is 83.2 cm³/mol. The number of ether oxygens (including phenoxy) is 1. The van der Waals surface area contributed by atoms with Crippen molar-refractivity contribution in [2.75, 3.05) is 19.7 Å². The maximum atomic E-state index is 12.3. The minimum atomic E-state index is 0.0622. The van der Waals surface area contributed by atoms with Crippen LogP contribution < -0.4 is 0 Å². The van der Waals surface area contributed by atoms with E-state index < -0.39 is 0 Å². The fourth-order valence-corrected chi connectivity index (χ4v) is 2.85. The maximum Gasteiger partial charge on any atom is 0.248 e. The number of piperidine rings is 1. The van der Waals surface area contributed by atoms with E-state index in [0.717, 1.165) is 37.3 Å². The highest BCUT2D eigenvalue weighted by Gasteiger charge is 2.25. The first-order valence-electron chi connectivity index (χ1n) is 7.71. The van der Waals surface area contributed by atoms with Gasteiger partial charge < -0.3 is 14.6 Å². The van der Waals surface area contributed by atoms with Crippen molar-refractivity contribution >= 4 is 5.91 Å². The Morgan fingerprint density at radius 2 is 2.23 bits per heavy atom. The Kier molecular flexibility index (Phi) is 4.85. The van der Waals surface area contributed by atoms with Gasteiger partial charge in [-0.2, -0.15) is 0 Å². The van der Waals surface area contributed by atoms with E-state index in [1.165, 1.54) is 0 Å². The van der Waals surface area contributed by atoms with Gasteiger partial charge in [0.05, 0.1) is 6.61 Å². The molecule has 0 saturated carbocycles. The summed E-state index contributed by atoms with van der Waals surface area (Å²) in [5, 5.41) is 0. The van der Waals surface area contributed by atoms with Crippen molar-refractivity contribution in [1.29, 1.82) is 0 Å². The molecule has 1 amide bonds. The second kappa shape index (κ2) is 7.22. The van der Waals surface area contributed by atoms with E-state index in [1.54, 1.807) is 6.20 Å². The van der Waals surface area contributed by atoms with Gasteiger partial charge in [-0.15, -0.1) is 0 Å². The van der Waals surface area contributed by atoms with Crippen molar-refractivity contribution in [3.63, 3.8) is 0 Å². The van der Waals surface area contributed by atoms with Crippen LogP contribution in [-0.4, -0.2) is 40.5 Å². The van der Waals surface area contributed by atoms with Gasteiger partial charge in [-0.3, -0.25) is 4.79 Å². The Morgan fingerprint density at radius 3 is 3.00 bits per heavy atom. The van der Waals surface area contributed by atoms with Gasteiger partial charge in [0.25, 0.3) is 0 Å². The van der Waals surface area contributed by atoms with Crippen LogP contribution in [0.15, 0.2) is 42.7 Å². The summed E-state index contributed by atoms with van der Waals surface area (Å²) in [6.07, 6.45) is 5.68. The average Bonchev–Trinajstić information content (AvgIpc) is 3.10. The summed E-state index contributed by atoms with van der Waals surface area (Å²) in [6, 6.07) is 9.91. The fourth-order valence-electron chi connectivity index (χ4n) is 2.85. The lowest BCUT2D eigenvalue weighted by Gasteiger charge is -2.31. The number of carbonyl (C=O) groups is 1. The normalized spacial score (nSPS) is 18.4. The molecule has 1 aliphatic heterocycles. The molecule has 1 fully saturated rings. The second-order valence-electron chi connectivity index (χ2n) is 5.63. The molecule has 0 bridgehead atoms. The van der Waals surface area contributed by atoms with Gasteiger partial charge in [-0.25, -0.2) is 4.98 Å². The molecule has 1 unspecified atom stereocenters. The van der Waals surface area contributed by atoms with E-state index in [2.05, 4.69) is 9.97 Å². The number of aromatic amines is 1. The number of amides is 1. The topological polar surface area (TPSA) is 58.2 Å². The lowest BCUT2D eigenvalue weighted by molar-refractivity contribution is -0.137. The smallest absolute Gasteiger partial charge is 0.248 e. The van der Waals surface area contributed by atoms with Gasteiger partial charge in [-0.1, -0.05) is 30.3 Å². The lowest BCUT2D eigenvalue weighted by Crippen LogP contribution is -2.41. The molecule has 1 saturated heterocycles. The number of carbonyl (C=O) groups excluding carboxylic acids is 1. The Bertz CT molecular complexity index is 583. The molecule has 3 rings (SSSR count). The largest absolute Gasteiger partial charge is 0.367 e. The van der Waals surface area contributed by atoms with Crippen LogP contribution >= 0.6 is 0 Å². The zero-order chi connectivity index (χ0) is 15.2. The van der Waals surface area contributed by atoms with E-state index in [-0.39, 0.29) is 12.5 Å². The molecule has 0 spiro atoms. The molecule has 0 aliphatic carbocycles. The summed E-state index contributed by atoms with van der Waals surface area (Å²) < 4.78 is 5.55. The van der Waals surface area contributed by atoms with Crippen molar-refractivity contribution in [2.45, 2.75) is 25.4 Å². The monoisotopic (exact) mass is 299 g/mol. The molecule has 1 atom stereocenters. The molecular weight excluding hydrogens is 278 g/mol. The van der Waals surface area contributed by atoms with Gasteiger partial charge >= 0.3 is 0 Å². The third-order valence-electron chi connectivity index (χ3n) is 4.02. The summed E-state index contributed by atoms with van der Waals surface area (Å²) in [7, 11) is 0. The number of H-pyrrole nitrogens is 1. The summed E-state index contributed by atoms with van der Waals surface area (Å²) in [4.78, 5) is 21.6. The van der Waals surface area contributed by atoms with Gasteiger partial charge in [0.1, 0.15) is 12.4 Å². The summed E-state index contributed by atoms with van der Waals surface area (Å²) in [6.45, 7) is 2.15. The Labute approximate surface area is 130 Å². The van der Waals surface area contributed by atoms with Crippen molar-refractivity contribution in [3.05, 3.63) is 54.1 Å². The van der Waals surface area contributed by atoms with Crippen molar-refractivity contribution in [2.24, 2.45) is 0 Å². The zero-order valence-electron chi connectivity index (χ0n) is 12.6. The first-order chi connectivity index (χ1) is 10.8. The summed E-state index contributed by atoms with van der Waals surface area (Å²) in [5.41, 5.74) is 1.09. The van der Waals surface area contributed by atoms with Crippen molar-refractivity contribution in [1.82, 2.24) is 14.9 Å². The number of likely N-dealkylation sites (tertiary alicyclic amines) is 1. The first-order valence-corrected chi connectivity index (χ1v) is 7.71. The highest BCUT2D eigenvalue weighted by Crippen LogP contribution is 2.24. The maximum absolute atomic E-state index is 12.3. The number of imidazole rings is 1. The summed E-state index contributed by atoms with van der Waals surface area (Å²) >= 11 is 0. The number of hydrogen-bond acceptors (Lipinski definition) is 3. The average molecular weight is 299 g/mol. The molecule has 22 heavy (non-hydrogen) atoms. The molecule has 1 N–H and O–H groups in total. The molecule has 2 aromatic rings. The molecule has 116 valence electrons. The van der Waals surface area contributed by atoms with Gasteiger partial charge in [-0.05, 0) is 18.4 Å². The minimum absolute atomic E-state index is 0.0622. The number of nitrogens with zero attached hydrogens (tertiary/aromatic N) is 2. The number of benzene rings is 1. The van der Waals surface area contributed by atoms with Crippen LogP contribution in [0.5, 0.6) is 0 Å². The number of rotatable bonds is 5. The van der Waals surface area contributed by atoms with Crippen LogP contribution in [0.25, 0.3) is 0 Å².